The van der Waals surface area contributed by atoms with E-state index in [0.717, 1.165) is 0 Å². The van der Waals surface area contributed by atoms with Crippen molar-refractivity contribution >= 4 is 50.5 Å². The van der Waals surface area contributed by atoms with Gasteiger partial charge in [-0.25, -0.2) is 0 Å². The van der Waals surface area contributed by atoms with Crippen LogP contribution in [0.4, 0.5) is 0 Å². The van der Waals surface area contributed by atoms with Gasteiger partial charge in [0.2, 0.25) is 0 Å². The molecule has 0 amide bonds. The fourth-order valence-electron chi connectivity index (χ4n) is 1.06. The van der Waals surface area contributed by atoms with Gasteiger partial charge in [0.25, 0.3) is 0 Å². The number of ether oxygens (including phenoxy) is 1. The molecule has 0 atom stereocenters. The zero-order valence-electron chi connectivity index (χ0n) is 9.75. The molecular weight excluding hydrogens is 296 g/mol. The predicted molar refractivity (Wildman–Crippen MR) is 85.3 cm³/mol. The number of hydrogen-bond donors (Lipinski definition) is 6. The Labute approximate surface area is 125 Å². The van der Waals surface area contributed by atoms with Gasteiger partial charge >= 0.3 is 0 Å². The van der Waals surface area contributed by atoms with Crippen molar-refractivity contribution in [3.05, 3.63) is 0 Å². The van der Waals surface area contributed by atoms with Crippen molar-refractivity contribution in [2.24, 2.45) is 10.8 Å². The van der Waals surface area contributed by atoms with E-state index < -0.39 is 10.8 Å². The highest BCUT2D eigenvalue weighted by molar-refractivity contribution is 7.81. The number of aliphatic hydroxyl groups excluding tert-OH is 2. The Bertz CT molecular complexity index is 159. The van der Waals surface area contributed by atoms with Gasteiger partial charge in [-0.05, 0) is 0 Å². The normalized spacial score (nSPS) is 13.1. The SMILES string of the molecule is OCC(CS)(CS)COCC(CO)(CS)CS. The van der Waals surface area contributed by atoms with Crippen LogP contribution in [0.3, 0.4) is 0 Å². The van der Waals surface area contributed by atoms with Crippen LogP contribution in [-0.2, 0) is 4.74 Å². The molecule has 7 heteroatoms. The van der Waals surface area contributed by atoms with E-state index in [1.807, 2.05) is 0 Å². The molecule has 0 saturated carbocycles. The summed E-state index contributed by atoms with van der Waals surface area (Å²) < 4.78 is 5.59. The van der Waals surface area contributed by atoms with Gasteiger partial charge in [-0.3, -0.25) is 0 Å². The van der Waals surface area contributed by atoms with Gasteiger partial charge in [-0.2, -0.15) is 50.5 Å². The second-order valence-electron chi connectivity index (χ2n) is 4.44. The van der Waals surface area contributed by atoms with Crippen LogP contribution in [0, 0.1) is 10.8 Å². The van der Waals surface area contributed by atoms with Crippen molar-refractivity contribution in [3.63, 3.8) is 0 Å². The fourth-order valence-corrected chi connectivity index (χ4v) is 2.62. The minimum Gasteiger partial charge on any atom is -0.396 e. The first-order valence-corrected chi connectivity index (χ1v) is 7.83. The van der Waals surface area contributed by atoms with Gasteiger partial charge in [-0.15, -0.1) is 0 Å². The van der Waals surface area contributed by atoms with Gasteiger partial charge in [0.05, 0.1) is 26.4 Å². The summed E-state index contributed by atoms with van der Waals surface area (Å²) in [5.74, 6) is 2.00. The van der Waals surface area contributed by atoms with E-state index in [0.29, 0.717) is 36.2 Å². The van der Waals surface area contributed by atoms with Crippen LogP contribution in [-0.4, -0.2) is 59.7 Å². The fraction of sp³-hybridized carbons (Fsp3) is 1.00. The largest absolute Gasteiger partial charge is 0.396 e. The van der Waals surface area contributed by atoms with Gasteiger partial charge in [-0.1, -0.05) is 0 Å². The van der Waals surface area contributed by atoms with E-state index in [9.17, 15) is 10.2 Å². The summed E-state index contributed by atoms with van der Waals surface area (Å²) in [5.41, 5.74) is -0.860. The topological polar surface area (TPSA) is 49.7 Å². The summed E-state index contributed by atoms with van der Waals surface area (Å²) >= 11 is 16.8. The lowest BCUT2D eigenvalue weighted by Crippen LogP contribution is -2.40. The molecule has 0 aliphatic rings. The molecule has 0 aliphatic carbocycles. The maximum Gasteiger partial charge on any atom is 0.0560 e. The predicted octanol–water partition coefficient (Wildman–Crippen LogP) is 0.680. The van der Waals surface area contributed by atoms with E-state index in [1.165, 1.54) is 0 Å². The second-order valence-corrected chi connectivity index (χ2v) is 5.71. The molecule has 104 valence electrons. The van der Waals surface area contributed by atoms with E-state index in [-0.39, 0.29) is 13.2 Å². The number of thiol groups is 4. The molecule has 3 nitrogen and oxygen atoms in total. The Hall–Kier alpha value is 1.28. The smallest absolute Gasteiger partial charge is 0.0560 e. The zero-order valence-corrected chi connectivity index (χ0v) is 13.3. The molecule has 0 aliphatic heterocycles. The Kier molecular flexibility index (Phi) is 9.92. The van der Waals surface area contributed by atoms with Crippen molar-refractivity contribution in [2.75, 3.05) is 49.4 Å². The summed E-state index contributed by atoms with van der Waals surface area (Å²) in [5, 5.41) is 18.6. The summed E-state index contributed by atoms with van der Waals surface area (Å²) in [7, 11) is 0. The van der Waals surface area contributed by atoms with Crippen LogP contribution < -0.4 is 0 Å². The minimum absolute atomic E-state index is 0.0200. The summed E-state index contributed by atoms with van der Waals surface area (Å²) in [6, 6.07) is 0. The highest BCUT2D eigenvalue weighted by atomic mass is 32.1. The van der Waals surface area contributed by atoms with Crippen molar-refractivity contribution in [3.8, 4) is 0 Å². The van der Waals surface area contributed by atoms with E-state index in [2.05, 4.69) is 50.5 Å². The minimum atomic E-state index is -0.430. The highest BCUT2D eigenvalue weighted by Crippen LogP contribution is 2.25. The van der Waals surface area contributed by atoms with E-state index in [1.54, 1.807) is 0 Å². The molecule has 0 unspecified atom stereocenters. The number of rotatable bonds is 10. The zero-order chi connectivity index (χ0) is 13.4. The lowest BCUT2D eigenvalue weighted by atomic mass is 9.93. The van der Waals surface area contributed by atoms with E-state index in [4.69, 9.17) is 4.74 Å². The van der Waals surface area contributed by atoms with Crippen LogP contribution in [0.25, 0.3) is 0 Å². The Morgan fingerprint density at radius 2 is 1.00 bits per heavy atom. The Morgan fingerprint density at radius 3 is 1.18 bits per heavy atom. The maximum atomic E-state index is 9.32. The van der Waals surface area contributed by atoms with Gasteiger partial charge in [0.1, 0.15) is 0 Å². The molecule has 0 fully saturated rings. The van der Waals surface area contributed by atoms with Crippen LogP contribution >= 0.6 is 50.5 Å². The van der Waals surface area contributed by atoms with Crippen molar-refractivity contribution < 1.29 is 14.9 Å². The molecule has 0 bridgehead atoms. The molecule has 0 spiro atoms. The van der Waals surface area contributed by atoms with Crippen LogP contribution in [0.15, 0.2) is 0 Å². The lowest BCUT2D eigenvalue weighted by Gasteiger charge is -2.32. The second kappa shape index (κ2) is 9.23. The Morgan fingerprint density at radius 1 is 0.706 bits per heavy atom. The number of hydrogen-bond acceptors (Lipinski definition) is 7. The van der Waals surface area contributed by atoms with Crippen LogP contribution in [0.1, 0.15) is 0 Å². The molecule has 0 radical (unpaired) electrons. The molecular formula is C10H22O3S4. The first-order valence-electron chi connectivity index (χ1n) is 5.30. The molecule has 17 heavy (non-hydrogen) atoms. The third-order valence-corrected chi connectivity index (χ3v) is 5.51. The Balaban J connectivity index is 4.28. The molecule has 0 heterocycles. The molecule has 0 rings (SSSR count). The summed E-state index contributed by atoms with van der Waals surface area (Å²) in [6.45, 7) is 0.682. The van der Waals surface area contributed by atoms with Gasteiger partial charge in [0, 0.05) is 33.8 Å². The highest BCUT2D eigenvalue weighted by Gasteiger charge is 2.31. The third-order valence-electron chi connectivity index (χ3n) is 2.83. The summed E-state index contributed by atoms with van der Waals surface area (Å²) in [6.07, 6.45) is 0. The molecule has 0 saturated heterocycles. The van der Waals surface area contributed by atoms with Crippen molar-refractivity contribution in [1.82, 2.24) is 0 Å². The molecule has 0 aromatic carbocycles. The average Bonchev–Trinajstić information content (AvgIpc) is 2.41. The first kappa shape index (κ1) is 18.3. The van der Waals surface area contributed by atoms with Crippen LogP contribution in [0.2, 0.25) is 0 Å². The summed E-state index contributed by atoms with van der Waals surface area (Å²) in [4.78, 5) is 0. The van der Waals surface area contributed by atoms with Crippen LogP contribution in [0.5, 0.6) is 0 Å². The number of aliphatic hydroxyl groups is 2. The molecule has 0 aromatic rings. The molecule has 0 aromatic heterocycles. The van der Waals surface area contributed by atoms with E-state index >= 15 is 0 Å². The van der Waals surface area contributed by atoms with Gasteiger partial charge < -0.3 is 14.9 Å². The lowest BCUT2D eigenvalue weighted by molar-refractivity contribution is -0.0137. The third kappa shape index (κ3) is 5.42. The van der Waals surface area contributed by atoms with Crippen molar-refractivity contribution in [1.29, 1.82) is 0 Å². The standard InChI is InChI=1S/C10H22O3S4/c11-1-9(5-14,6-15)3-13-4-10(2-12,7-16)8-17/h11-12,14-17H,1-8H2. The molecule has 2 N–H and O–H groups in total. The first-order chi connectivity index (χ1) is 8.07. The van der Waals surface area contributed by atoms with Gasteiger partial charge in [0.15, 0.2) is 0 Å². The average molecular weight is 319 g/mol. The quantitative estimate of drug-likeness (QED) is 0.336. The monoisotopic (exact) mass is 318 g/mol. The van der Waals surface area contributed by atoms with Crippen molar-refractivity contribution in [2.45, 2.75) is 0 Å². The maximum absolute atomic E-state index is 9.32.